The van der Waals surface area contributed by atoms with Crippen molar-refractivity contribution in [2.75, 3.05) is 24.4 Å². The average molecular weight is 317 g/mol. The first kappa shape index (κ1) is 16.7. The molecule has 0 aromatic heterocycles. The van der Waals surface area contributed by atoms with Gasteiger partial charge in [-0.05, 0) is 30.6 Å². The highest BCUT2D eigenvalue weighted by Gasteiger charge is 2.21. The summed E-state index contributed by atoms with van der Waals surface area (Å²) in [5, 5.41) is 5.61. The number of anilines is 1. The number of urea groups is 1. The molecule has 0 aliphatic rings. The summed E-state index contributed by atoms with van der Waals surface area (Å²) >= 11 is 7.53. The molecule has 0 radical (unpaired) electrons. The lowest BCUT2D eigenvalue weighted by atomic mass is 10.2. The number of ether oxygens (including phenoxy) is 1. The quantitative estimate of drug-likeness (QED) is 0.792. The first-order chi connectivity index (χ1) is 9.58. The Labute approximate surface area is 127 Å². The number of methoxy groups -OCH3 is 1. The highest BCUT2D eigenvalue weighted by Crippen LogP contribution is 2.20. The van der Waals surface area contributed by atoms with Gasteiger partial charge in [-0.25, -0.2) is 9.59 Å². The summed E-state index contributed by atoms with van der Waals surface area (Å²) in [5.74, 6) is 0.278. The van der Waals surface area contributed by atoms with Gasteiger partial charge < -0.3 is 15.4 Å². The Morgan fingerprint density at radius 2 is 2.10 bits per heavy atom. The molecule has 20 heavy (non-hydrogen) atoms. The van der Waals surface area contributed by atoms with Crippen LogP contribution in [0.1, 0.15) is 6.42 Å². The van der Waals surface area contributed by atoms with Crippen LogP contribution >= 0.6 is 23.4 Å². The number of hydrogen-bond acceptors (Lipinski definition) is 4. The van der Waals surface area contributed by atoms with E-state index in [4.69, 9.17) is 11.6 Å². The van der Waals surface area contributed by atoms with Crippen molar-refractivity contribution < 1.29 is 14.3 Å². The number of carbonyl (C=O) groups excluding carboxylic acids is 2. The molecule has 2 N–H and O–H groups in total. The van der Waals surface area contributed by atoms with Gasteiger partial charge in [-0.1, -0.05) is 23.7 Å². The molecule has 1 atom stereocenters. The minimum Gasteiger partial charge on any atom is -0.467 e. The molecule has 110 valence electrons. The van der Waals surface area contributed by atoms with Crippen molar-refractivity contribution in [2.24, 2.45) is 0 Å². The molecule has 0 bridgehead atoms. The van der Waals surface area contributed by atoms with Crippen molar-refractivity contribution in [3.63, 3.8) is 0 Å². The molecule has 1 aromatic rings. The zero-order chi connectivity index (χ0) is 15.0. The maximum atomic E-state index is 11.9. The summed E-state index contributed by atoms with van der Waals surface area (Å²) in [6, 6.07) is 5.71. The van der Waals surface area contributed by atoms with Gasteiger partial charge in [-0.15, -0.1) is 0 Å². The zero-order valence-electron chi connectivity index (χ0n) is 11.3. The average Bonchev–Trinajstić information content (AvgIpc) is 2.45. The number of rotatable bonds is 6. The van der Waals surface area contributed by atoms with Crippen LogP contribution in [0.2, 0.25) is 5.02 Å². The fourth-order valence-electron chi connectivity index (χ4n) is 1.51. The summed E-state index contributed by atoms with van der Waals surface area (Å²) in [7, 11) is 1.29. The predicted molar refractivity (Wildman–Crippen MR) is 82.4 cm³/mol. The zero-order valence-corrected chi connectivity index (χ0v) is 12.9. The Bertz CT molecular complexity index is 471. The maximum Gasteiger partial charge on any atom is 0.328 e. The summed E-state index contributed by atoms with van der Waals surface area (Å²) in [6.07, 6.45) is 2.43. The SMILES string of the molecule is COC(=O)[C@H](CCSC)NC(=O)Nc1ccccc1Cl. The molecular weight excluding hydrogens is 300 g/mol. The number of carbonyl (C=O) groups is 2. The van der Waals surface area contributed by atoms with Gasteiger partial charge in [-0.3, -0.25) is 0 Å². The number of esters is 1. The predicted octanol–water partition coefficient (Wildman–Crippen LogP) is 2.76. The van der Waals surface area contributed by atoms with Gasteiger partial charge in [0.1, 0.15) is 6.04 Å². The molecule has 0 saturated carbocycles. The molecule has 0 aliphatic heterocycles. The molecule has 0 fully saturated rings. The van der Waals surface area contributed by atoms with Crippen molar-refractivity contribution >= 4 is 41.1 Å². The van der Waals surface area contributed by atoms with Crippen LogP contribution in [0.5, 0.6) is 0 Å². The van der Waals surface area contributed by atoms with Crippen molar-refractivity contribution in [1.29, 1.82) is 0 Å². The van der Waals surface area contributed by atoms with E-state index in [1.54, 1.807) is 36.0 Å². The number of nitrogens with one attached hydrogen (secondary N) is 2. The van der Waals surface area contributed by atoms with Crippen molar-refractivity contribution in [2.45, 2.75) is 12.5 Å². The van der Waals surface area contributed by atoms with Crippen LogP contribution in [0.15, 0.2) is 24.3 Å². The second-order valence-corrected chi connectivity index (χ2v) is 5.33. The van der Waals surface area contributed by atoms with E-state index in [9.17, 15) is 9.59 Å². The van der Waals surface area contributed by atoms with E-state index in [1.165, 1.54) is 7.11 Å². The van der Waals surface area contributed by atoms with Crippen LogP contribution in [0.4, 0.5) is 10.5 Å². The molecule has 5 nitrogen and oxygen atoms in total. The molecule has 1 aromatic carbocycles. The standard InChI is InChI=1S/C13H17ClN2O3S/c1-19-12(17)11(7-8-20-2)16-13(18)15-10-6-4-3-5-9(10)14/h3-6,11H,7-8H2,1-2H3,(H2,15,16,18)/t11-/m0/s1. The first-order valence-corrected chi connectivity index (χ1v) is 7.74. The Balaban J connectivity index is 2.61. The second kappa shape index (κ2) is 8.71. The van der Waals surface area contributed by atoms with Gasteiger partial charge in [0.2, 0.25) is 0 Å². The van der Waals surface area contributed by atoms with E-state index in [2.05, 4.69) is 15.4 Å². The Hall–Kier alpha value is -1.40. The Morgan fingerprint density at radius 3 is 2.70 bits per heavy atom. The largest absolute Gasteiger partial charge is 0.467 e. The molecule has 2 amide bonds. The highest BCUT2D eigenvalue weighted by atomic mass is 35.5. The summed E-state index contributed by atoms with van der Waals surface area (Å²) in [6.45, 7) is 0. The lowest BCUT2D eigenvalue weighted by Crippen LogP contribution is -2.44. The van der Waals surface area contributed by atoms with Gasteiger partial charge in [0, 0.05) is 0 Å². The van der Waals surface area contributed by atoms with E-state index < -0.39 is 18.0 Å². The van der Waals surface area contributed by atoms with Gasteiger partial charge in [0.15, 0.2) is 0 Å². The molecule has 0 saturated heterocycles. The third kappa shape index (κ3) is 5.30. The van der Waals surface area contributed by atoms with E-state index in [-0.39, 0.29) is 0 Å². The first-order valence-electron chi connectivity index (χ1n) is 5.97. The minimum atomic E-state index is -0.671. The molecule has 0 spiro atoms. The third-order valence-electron chi connectivity index (χ3n) is 2.52. The summed E-state index contributed by atoms with van der Waals surface area (Å²) in [4.78, 5) is 23.4. The Morgan fingerprint density at radius 1 is 1.40 bits per heavy atom. The van der Waals surface area contributed by atoms with E-state index in [0.29, 0.717) is 17.1 Å². The lowest BCUT2D eigenvalue weighted by Gasteiger charge is -2.16. The van der Waals surface area contributed by atoms with Crippen LogP contribution < -0.4 is 10.6 Å². The number of benzene rings is 1. The van der Waals surface area contributed by atoms with Gasteiger partial charge in [0.25, 0.3) is 0 Å². The number of para-hydroxylation sites is 1. The van der Waals surface area contributed by atoms with Crippen LogP contribution in [0.3, 0.4) is 0 Å². The van der Waals surface area contributed by atoms with Gasteiger partial charge in [0.05, 0.1) is 17.8 Å². The van der Waals surface area contributed by atoms with Crippen molar-refractivity contribution in [3.05, 3.63) is 29.3 Å². The van der Waals surface area contributed by atoms with Crippen LogP contribution in [-0.4, -0.2) is 37.2 Å². The second-order valence-electron chi connectivity index (χ2n) is 3.94. The van der Waals surface area contributed by atoms with Crippen LogP contribution in [0, 0.1) is 0 Å². The van der Waals surface area contributed by atoms with Crippen LogP contribution in [0.25, 0.3) is 0 Å². The van der Waals surface area contributed by atoms with E-state index in [0.717, 1.165) is 5.75 Å². The number of amides is 2. The van der Waals surface area contributed by atoms with Crippen molar-refractivity contribution in [1.82, 2.24) is 5.32 Å². The highest BCUT2D eigenvalue weighted by molar-refractivity contribution is 7.98. The third-order valence-corrected chi connectivity index (χ3v) is 3.50. The van der Waals surface area contributed by atoms with Gasteiger partial charge >= 0.3 is 12.0 Å². The lowest BCUT2D eigenvalue weighted by molar-refractivity contribution is -0.142. The monoisotopic (exact) mass is 316 g/mol. The number of thioether (sulfide) groups is 1. The molecular formula is C13H17ClN2O3S. The Kier molecular flexibility index (Phi) is 7.25. The van der Waals surface area contributed by atoms with E-state index >= 15 is 0 Å². The number of hydrogen-bond donors (Lipinski definition) is 2. The fraction of sp³-hybridized carbons (Fsp3) is 0.385. The normalized spacial score (nSPS) is 11.6. The molecule has 0 heterocycles. The summed E-state index contributed by atoms with van der Waals surface area (Å²) in [5.41, 5.74) is 0.486. The van der Waals surface area contributed by atoms with Gasteiger partial charge in [-0.2, -0.15) is 11.8 Å². The topological polar surface area (TPSA) is 67.4 Å². The molecule has 0 unspecified atom stereocenters. The van der Waals surface area contributed by atoms with Crippen LogP contribution in [-0.2, 0) is 9.53 Å². The minimum absolute atomic E-state index is 0.432. The van der Waals surface area contributed by atoms with Crippen molar-refractivity contribution in [3.8, 4) is 0 Å². The molecule has 7 heteroatoms. The smallest absolute Gasteiger partial charge is 0.328 e. The number of halogens is 1. The summed E-state index contributed by atoms with van der Waals surface area (Å²) < 4.78 is 4.67. The van der Waals surface area contributed by atoms with E-state index in [1.807, 2.05) is 6.26 Å². The molecule has 1 rings (SSSR count). The molecule has 0 aliphatic carbocycles. The maximum absolute atomic E-state index is 11.9. The fourth-order valence-corrected chi connectivity index (χ4v) is 2.16.